The van der Waals surface area contributed by atoms with Crippen molar-refractivity contribution >= 4 is 16.3 Å². The smallest absolute Gasteiger partial charge is 0.132 e. The zero-order chi connectivity index (χ0) is 9.46. The van der Waals surface area contributed by atoms with Gasteiger partial charge in [0.2, 0.25) is 0 Å². The highest BCUT2D eigenvalue weighted by molar-refractivity contribution is 7.61. The fourth-order valence-corrected chi connectivity index (χ4v) is 4.22. The van der Waals surface area contributed by atoms with Crippen molar-refractivity contribution in [2.45, 2.75) is 23.4 Å². The Bertz CT molecular complexity index is 109. The average molecular weight is 216 g/mol. The SMILES string of the molecule is O[C@@H]1[C@@H](O)P(O)[C@@H](O)[C@H](O)P1O. The Morgan fingerprint density at radius 1 is 0.583 bits per heavy atom. The molecule has 0 spiro atoms. The maximum absolute atomic E-state index is 9.05. The molecule has 12 heavy (non-hydrogen) atoms. The van der Waals surface area contributed by atoms with Gasteiger partial charge in [-0.15, -0.1) is 0 Å². The number of hydrogen-bond donors (Lipinski definition) is 6. The van der Waals surface area contributed by atoms with Crippen LogP contribution in [-0.4, -0.2) is 53.6 Å². The molecule has 0 amide bonds. The van der Waals surface area contributed by atoms with Gasteiger partial charge in [0.05, 0.1) is 16.3 Å². The van der Waals surface area contributed by atoms with Crippen molar-refractivity contribution in [3.63, 3.8) is 0 Å². The standard InChI is InChI=1S/C4H10O6P2/c5-1-2(6)12(10)4(8)3(7)11(1)9/h1-10H/t1-,2-,3+,4+,11?,12?. The van der Waals surface area contributed by atoms with Gasteiger partial charge < -0.3 is 30.2 Å². The van der Waals surface area contributed by atoms with Crippen molar-refractivity contribution in [3.05, 3.63) is 0 Å². The van der Waals surface area contributed by atoms with Crippen LogP contribution < -0.4 is 0 Å². The minimum Gasteiger partial charge on any atom is -0.383 e. The molecule has 6 N–H and O–H groups in total. The number of rotatable bonds is 0. The fourth-order valence-electron chi connectivity index (χ4n) is 0.859. The molecular formula is C4H10O6P2. The molecule has 0 aromatic heterocycles. The van der Waals surface area contributed by atoms with E-state index in [1.165, 1.54) is 0 Å². The fraction of sp³-hybridized carbons (Fsp3) is 1.00. The van der Waals surface area contributed by atoms with Crippen molar-refractivity contribution in [3.8, 4) is 0 Å². The van der Waals surface area contributed by atoms with Gasteiger partial charge in [0.15, 0.2) is 0 Å². The lowest BCUT2D eigenvalue weighted by Crippen LogP contribution is -2.40. The Hall–Kier alpha value is 0.620. The van der Waals surface area contributed by atoms with E-state index < -0.39 is 39.7 Å². The first-order valence-electron chi connectivity index (χ1n) is 3.13. The third kappa shape index (κ3) is 1.62. The summed E-state index contributed by atoms with van der Waals surface area (Å²) in [4.78, 5) is 18.1. The van der Waals surface area contributed by atoms with E-state index in [1.807, 2.05) is 0 Å². The minimum absolute atomic E-state index is 1.55. The highest BCUT2D eigenvalue weighted by atomic mass is 31.2. The Morgan fingerprint density at radius 2 is 0.750 bits per heavy atom. The van der Waals surface area contributed by atoms with Crippen LogP contribution in [0.25, 0.3) is 0 Å². The summed E-state index contributed by atoms with van der Waals surface area (Å²) in [6.45, 7) is 0. The van der Waals surface area contributed by atoms with Gasteiger partial charge in [-0.2, -0.15) is 0 Å². The van der Waals surface area contributed by atoms with E-state index >= 15 is 0 Å². The topological polar surface area (TPSA) is 121 Å². The van der Waals surface area contributed by atoms with E-state index in [2.05, 4.69) is 0 Å². The summed E-state index contributed by atoms with van der Waals surface area (Å²) in [6, 6.07) is 0. The van der Waals surface area contributed by atoms with Gasteiger partial charge in [0, 0.05) is 0 Å². The molecular weight excluding hydrogens is 206 g/mol. The van der Waals surface area contributed by atoms with Crippen molar-refractivity contribution < 1.29 is 30.2 Å². The first kappa shape index (κ1) is 10.7. The van der Waals surface area contributed by atoms with Crippen LogP contribution >= 0.6 is 16.3 Å². The molecule has 1 rings (SSSR count). The van der Waals surface area contributed by atoms with Crippen LogP contribution in [0.3, 0.4) is 0 Å². The molecule has 0 aromatic rings. The Balaban J connectivity index is 2.76. The molecule has 1 aliphatic rings. The molecule has 1 aliphatic heterocycles. The van der Waals surface area contributed by atoms with E-state index in [4.69, 9.17) is 30.2 Å². The van der Waals surface area contributed by atoms with E-state index in [0.717, 1.165) is 0 Å². The molecule has 0 bridgehead atoms. The van der Waals surface area contributed by atoms with Gasteiger partial charge in [-0.25, -0.2) is 0 Å². The maximum atomic E-state index is 9.05. The molecule has 1 fully saturated rings. The van der Waals surface area contributed by atoms with Gasteiger partial charge in [0.1, 0.15) is 23.4 Å². The second-order valence-corrected chi connectivity index (χ2v) is 6.05. The molecule has 0 radical (unpaired) electrons. The highest BCUT2D eigenvalue weighted by Gasteiger charge is 2.48. The van der Waals surface area contributed by atoms with Crippen LogP contribution in [0.1, 0.15) is 0 Å². The minimum atomic E-state index is -2.25. The number of aliphatic hydroxyl groups excluding tert-OH is 4. The van der Waals surface area contributed by atoms with Gasteiger partial charge in [-0.3, -0.25) is 0 Å². The molecule has 0 saturated carbocycles. The van der Waals surface area contributed by atoms with Crippen molar-refractivity contribution in [2.24, 2.45) is 0 Å². The highest BCUT2D eigenvalue weighted by Crippen LogP contribution is 2.60. The van der Waals surface area contributed by atoms with Crippen LogP contribution in [0.2, 0.25) is 0 Å². The van der Waals surface area contributed by atoms with Crippen molar-refractivity contribution in [2.75, 3.05) is 0 Å². The summed E-state index contributed by atoms with van der Waals surface area (Å²) in [5, 5.41) is 36.1. The van der Waals surface area contributed by atoms with Crippen LogP contribution in [0.15, 0.2) is 0 Å². The van der Waals surface area contributed by atoms with Gasteiger partial charge in [0.25, 0.3) is 0 Å². The third-order valence-electron chi connectivity index (χ3n) is 1.62. The van der Waals surface area contributed by atoms with Crippen molar-refractivity contribution in [1.29, 1.82) is 0 Å². The third-order valence-corrected chi connectivity index (χ3v) is 5.39. The summed E-state index contributed by atoms with van der Waals surface area (Å²) in [6.07, 6.45) is 0. The molecule has 6 atom stereocenters. The molecule has 2 unspecified atom stereocenters. The summed E-state index contributed by atoms with van der Waals surface area (Å²) in [5.41, 5.74) is 0. The van der Waals surface area contributed by atoms with E-state index in [9.17, 15) is 0 Å². The van der Waals surface area contributed by atoms with Gasteiger partial charge >= 0.3 is 0 Å². The molecule has 8 heteroatoms. The quantitative estimate of drug-likeness (QED) is 0.262. The summed E-state index contributed by atoms with van der Waals surface area (Å²) < 4.78 is 0. The second-order valence-electron chi connectivity index (χ2n) is 2.41. The van der Waals surface area contributed by atoms with Gasteiger partial charge in [-0.1, -0.05) is 0 Å². The first-order chi connectivity index (χ1) is 5.46. The molecule has 1 heterocycles. The largest absolute Gasteiger partial charge is 0.383 e. The van der Waals surface area contributed by atoms with Crippen LogP contribution in [0, 0.1) is 0 Å². The van der Waals surface area contributed by atoms with E-state index in [0.29, 0.717) is 0 Å². The first-order valence-corrected chi connectivity index (χ1v) is 6.00. The normalized spacial score (nSPS) is 55.5. The number of aliphatic hydroxyl groups is 4. The van der Waals surface area contributed by atoms with Crippen LogP contribution in [-0.2, 0) is 0 Å². The molecule has 72 valence electrons. The Labute approximate surface area is 70.8 Å². The van der Waals surface area contributed by atoms with E-state index in [1.54, 1.807) is 0 Å². The Kier molecular flexibility index (Phi) is 3.37. The van der Waals surface area contributed by atoms with Crippen LogP contribution in [0.4, 0.5) is 0 Å². The predicted molar refractivity (Wildman–Crippen MR) is 42.3 cm³/mol. The summed E-state index contributed by atoms with van der Waals surface area (Å²) >= 11 is 0. The molecule has 6 nitrogen and oxygen atoms in total. The summed E-state index contributed by atoms with van der Waals surface area (Å²) in [7, 11) is -4.50. The predicted octanol–water partition coefficient (Wildman–Crippen LogP) is -1.95. The lowest BCUT2D eigenvalue weighted by atomic mass is 10.7. The lowest BCUT2D eigenvalue weighted by Gasteiger charge is -2.38. The average Bonchev–Trinajstić information content (AvgIpc) is 2.08. The Morgan fingerprint density at radius 3 is 0.917 bits per heavy atom. The monoisotopic (exact) mass is 216 g/mol. The zero-order valence-electron chi connectivity index (χ0n) is 5.89. The zero-order valence-corrected chi connectivity index (χ0v) is 7.68. The van der Waals surface area contributed by atoms with Crippen LogP contribution in [0.5, 0.6) is 0 Å². The van der Waals surface area contributed by atoms with E-state index in [-0.39, 0.29) is 0 Å². The molecule has 0 aromatic carbocycles. The lowest BCUT2D eigenvalue weighted by molar-refractivity contribution is 0.0611. The maximum Gasteiger partial charge on any atom is 0.132 e. The molecule has 0 aliphatic carbocycles. The second kappa shape index (κ2) is 3.78. The summed E-state index contributed by atoms with van der Waals surface area (Å²) in [5.74, 6) is -6.19. The van der Waals surface area contributed by atoms with Gasteiger partial charge in [-0.05, 0) is 0 Å². The molecule has 1 saturated heterocycles. The van der Waals surface area contributed by atoms with Crippen molar-refractivity contribution in [1.82, 2.24) is 0 Å². The number of hydrogen-bond acceptors (Lipinski definition) is 6.